The number of aliphatic hydroxyl groups is 3. The molecule has 1 saturated heterocycles. The van der Waals surface area contributed by atoms with Gasteiger partial charge in [0.2, 0.25) is 0 Å². The Balaban J connectivity index is 1.55. The number of rotatable bonds is 8. The van der Waals surface area contributed by atoms with Gasteiger partial charge < -0.3 is 30.3 Å². The van der Waals surface area contributed by atoms with Crippen molar-refractivity contribution in [2.24, 2.45) is 0 Å². The predicted molar refractivity (Wildman–Crippen MR) is 124 cm³/mol. The van der Waals surface area contributed by atoms with Crippen LogP contribution in [0.2, 0.25) is 0 Å². The molecular weight excluding hydrogens is 501 g/mol. The molecule has 0 spiro atoms. The molecule has 15 heteroatoms. The molecule has 1 fully saturated rings. The lowest BCUT2D eigenvalue weighted by atomic mass is 10.1. The topological polar surface area (TPSA) is 160 Å². The summed E-state index contributed by atoms with van der Waals surface area (Å²) in [4.78, 5) is 37.4. The third kappa shape index (κ3) is 5.84. The monoisotopic (exact) mass is 526 g/mol. The summed E-state index contributed by atoms with van der Waals surface area (Å²) >= 11 is 0. The van der Waals surface area contributed by atoms with Gasteiger partial charge in [0.05, 0.1) is 24.9 Å². The van der Waals surface area contributed by atoms with Crippen molar-refractivity contribution in [1.82, 2.24) is 15.3 Å². The van der Waals surface area contributed by atoms with E-state index in [-0.39, 0.29) is 35.7 Å². The lowest BCUT2D eigenvalue weighted by Crippen LogP contribution is -2.49. The van der Waals surface area contributed by atoms with Crippen molar-refractivity contribution < 1.29 is 42.8 Å². The van der Waals surface area contributed by atoms with Crippen LogP contribution in [0.25, 0.3) is 0 Å². The van der Waals surface area contributed by atoms with E-state index in [0.717, 1.165) is 0 Å². The van der Waals surface area contributed by atoms with Crippen molar-refractivity contribution in [3.63, 3.8) is 0 Å². The van der Waals surface area contributed by atoms with Gasteiger partial charge in [0, 0.05) is 25.4 Å². The number of amides is 3. The van der Waals surface area contributed by atoms with E-state index in [2.05, 4.69) is 15.3 Å². The molecule has 0 saturated carbocycles. The first kappa shape index (κ1) is 26.4. The number of carbonyl (C=O) groups is 2. The fraction of sp³-hybridized carbons (Fsp3) is 0.455. The standard InChI is InChI=1S/C22H25F3N6O6/c23-22(24,25)17(10-33)28-20(35)15-1-2-16-19(27-15)31(12-4-6-30(16)8-12)21(36)29-18-7-14(3-5-26-18)37-11-13(34)9-32/h1-3,5,7,12-13,17,32-34H,4,6,8-11H2,(H,28,35)(H,26,29,36)/t12-,13?,17?/m0/s1. The molecule has 4 heterocycles. The Bertz CT molecular complexity index is 1150. The summed E-state index contributed by atoms with van der Waals surface area (Å²) in [6.07, 6.45) is -3.96. The van der Waals surface area contributed by atoms with Crippen LogP contribution in [0.5, 0.6) is 5.75 Å². The van der Waals surface area contributed by atoms with Crippen LogP contribution in [0.1, 0.15) is 16.9 Å². The van der Waals surface area contributed by atoms with Crippen LogP contribution in [0.4, 0.5) is 35.3 Å². The predicted octanol–water partition coefficient (Wildman–Crippen LogP) is 0.492. The molecule has 0 aromatic carbocycles. The number of anilines is 3. The molecule has 200 valence electrons. The molecule has 37 heavy (non-hydrogen) atoms. The molecular formula is C22H25F3N6O6. The minimum Gasteiger partial charge on any atom is -0.491 e. The lowest BCUT2D eigenvalue weighted by molar-refractivity contribution is -0.161. The van der Waals surface area contributed by atoms with Crippen molar-refractivity contribution in [3.8, 4) is 5.75 Å². The van der Waals surface area contributed by atoms with Crippen LogP contribution in [0.15, 0.2) is 30.5 Å². The zero-order valence-electron chi connectivity index (χ0n) is 19.4. The van der Waals surface area contributed by atoms with Gasteiger partial charge in [-0.3, -0.25) is 15.0 Å². The molecule has 12 nitrogen and oxygen atoms in total. The minimum absolute atomic E-state index is 0.102. The van der Waals surface area contributed by atoms with Crippen molar-refractivity contribution in [2.75, 3.05) is 48.0 Å². The number of hydrogen-bond donors (Lipinski definition) is 5. The summed E-state index contributed by atoms with van der Waals surface area (Å²) in [5.74, 6) is -0.647. The van der Waals surface area contributed by atoms with Crippen molar-refractivity contribution in [2.45, 2.75) is 30.8 Å². The molecule has 2 aromatic heterocycles. The Morgan fingerprint density at radius 3 is 2.70 bits per heavy atom. The van der Waals surface area contributed by atoms with Crippen LogP contribution in [-0.2, 0) is 0 Å². The van der Waals surface area contributed by atoms with Gasteiger partial charge in [0.25, 0.3) is 5.91 Å². The van der Waals surface area contributed by atoms with Gasteiger partial charge in [-0.05, 0) is 24.6 Å². The summed E-state index contributed by atoms with van der Waals surface area (Å²) in [5.41, 5.74) is 0.190. The van der Waals surface area contributed by atoms with Gasteiger partial charge in [-0.25, -0.2) is 14.8 Å². The van der Waals surface area contributed by atoms with E-state index in [1.54, 1.807) is 5.32 Å². The second-order valence-corrected chi connectivity index (χ2v) is 8.50. The van der Waals surface area contributed by atoms with E-state index >= 15 is 0 Å². The molecule has 5 N–H and O–H groups in total. The van der Waals surface area contributed by atoms with E-state index in [9.17, 15) is 27.9 Å². The maximum atomic E-state index is 13.3. The number of hydrogen-bond acceptors (Lipinski definition) is 9. The number of aliphatic hydroxyl groups excluding tert-OH is 3. The van der Waals surface area contributed by atoms with Crippen LogP contribution < -0.4 is 25.2 Å². The zero-order chi connectivity index (χ0) is 26.7. The lowest BCUT2D eigenvalue weighted by Gasteiger charge is -2.35. The van der Waals surface area contributed by atoms with E-state index in [0.29, 0.717) is 25.2 Å². The molecule has 3 amide bonds. The minimum atomic E-state index is -4.85. The quantitative estimate of drug-likeness (QED) is 0.330. The average molecular weight is 526 g/mol. The molecule has 2 bridgehead atoms. The van der Waals surface area contributed by atoms with E-state index < -0.39 is 43.5 Å². The zero-order valence-corrected chi connectivity index (χ0v) is 19.4. The molecule has 2 aromatic rings. The van der Waals surface area contributed by atoms with E-state index in [4.69, 9.17) is 14.9 Å². The van der Waals surface area contributed by atoms with Crippen molar-refractivity contribution >= 4 is 29.3 Å². The van der Waals surface area contributed by atoms with Crippen molar-refractivity contribution in [1.29, 1.82) is 0 Å². The van der Waals surface area contributed by atoms with E-state index in [1.807, 2.05) is 4.90 Å². The van der Waals surface area contributed by atoms with Gasteiger partial charge in [-0.15, -0.1) is 0 Å². The number of fused-ring (bicyclic) bond motifs is 4. The smallest absolute Gasteiger partial charge is 0.410 e. The number of nitrogens with one attached hydrogen (secondary N) is 2. The number of ether oxygens (including phenoxy) is 1. The second-order valence-electron chi connectivity index (χ2n) is 8.50. The Morgan fingerprint density at radius 2 is 2.00 bits per heavy atom. The normalized spacial score (nSPS) is 18.2. The number of nitrogens with zero attached hydrogens (tertiary/aromatic N) is 4. The average Bonchev–Trinajstić information content (AvgIpc) is 3.28. The summed E-state index contributed by atoms with van der Waals surface area (Å²) in [6.45, 7) is -0.871. The molecule has 0 radical (unpaired) electrons. The Kier molecular flexibility index (Phi) is 7.65. The number of alkyl halides is 3. The molecule has 3 atom stereocenters. The molecule has 4 rings (SSSR count). The SMILES string of the molecule is O=C(NC(CO)C(F)(F)F)c1ccc2c(n1)N(C(=O)Nc1cc(OCC(O)CO)ccn1)[C@H]1CCN2C1. The van der Waals surface area contributed by atoms with Crippen LogP contribution in [-0.4, -0.2) is 94.5 Å². The number of urea groups is 1. The first-order valence-corrected chi connectivity index (χ1v) is 11.3. The summed E-state index contributed by atoms with van der Waals surface area (Å²) < 4.78 is 44.3. The number of aromatic nitrogens is 2. The fourth-order valence-corrected chi connectivity index (χ4v) is 4.05. The van der Waals surface area contributed by atoms with Gasteiger partial charge >= 0.3 is 12.2 Å². The van der Waals surface area contributed by atoms with Gasteiger partial charge in [0.15, 0.2) is 5.82 Å². The Morgan fingerprint density at radius 1 is 1.22 bits per heavy atom. The summed E-state index contributed by atoms with van der Waals surface area (Å²) in [6, 6.07) is 2.29. The first-order valence-electron chi connectivity index (χ1n) is 11.3. The fourth-order valence-electron chi connectivity index (χ4n) is 4.05. The summed E-state index contributed by atoms with van der Waals surface area (Å²) in [7, 11) is 0. The molecule has 2 unspecified atom stereocenters. The third-order valence-electron chi connectivity index (χ3n) is 5.91. The highest BCUT2D eigenvalue weighted by Gasteiger charge is 2.42. The van der Waals surface area contributed by atoms with Gasteiger partial charge in [-0.1, -0.05) is 0 Å². The van der Waals surface area contributed by atoms with Crippen LogP contribution in [0, 0.1) is 0 Å². The molecule has 2 aliphatic heterocycles. The first-order chi connectivity index (χ1) is 17.6. The second kappa shape index (κ2) is 10.7. The summed E-state index contributed by atoms with van der Waals surface area (Å²) in [5, 5.41) is 31.7. The van der Waals surface area contributed by atoms with Gasteiger partial charge in [0.1, 0.15) is 36.0 Å². The number of pyridine rings is 2. The number of halogens is 3. The third-order valence-corrected chi connectivity index (χ3v) is 5.91. The Hall–Kier alpha value is -3.69. The number of carbonyl (C=O) groups excluding carboxylic acids is 2. The molecule has 0 aliphatic carbocycles. The van der Waals surface area contributed by atoms with Crippen LogP contribution in [0.3, 0.4) is 0 Å². The molecule has 2 aliphatic rings. The highest BCUT2D eigenvalue weighted by Crippen LogP contribution is 2.39. The van der Waals surface area contributed by atoms with Crippen LogP contribution >= 0.6 is 0 Å². The maximum Gasteiger partial charge on any atom is 0.410 e. The van der Waals surface area contributed by atoms with E-state index in [1.165, 1.54) is 35.4 Å². The highest BCUT2D eigenvalue weighted by atomic mass is 19.4. The highest BCUT2D eigenvalue weighted by molar-refractivity contribution is 6.05. The largest absolute Gasteiger partial charge is 0.491 e. The Labute approximate surface area is 208 Å². The van der Waals surface area contributed by atoms with Gasteiger partial charge in [-0.2, -0.15) is 13.2 Å². The maximum absolute atomic E-state index is 13.3. The van der Waals surface area contributed by atoms with Crippen molar-refractivity contribution in [3.05, 3.63) is 36.2 Å².